The Kier molecular flexibility index (Phi) is 5.35. The molecule has 21 heavy (non-hydrogen) atoms. The lowest BCUT2D eigenvalue weighted by atomic mass is 10.2. The van der Waals surface area contributed by atoms with E-state index < -0.39 is 5.97 Å². The molecule has 0 unspecified atom stereocenters. The lowest BCUT2D eigenvalue weighted by Gasteiger charge is -2.11. The summed E-state index contributed by atoms with van der Waals surface area (Å²) in [5.74, 6) is 0.134. The quantitative estimate of drug-likeness (QED) is 0.787. The molecule has 0 aliphatic heterocycles. The average molecular weight is 371 g/mol. The largest absolute Gasteiger partial charge is 0.481 e. The lowest BCUT2D eigenvalue weighted by molar-refractivity contribution is -0.133. The highest BCUT2D eigenvalue weighted by atomic mass is 79.9. The number of halogens is 1. The highest BCUT2D eigenvalue weighted by Gasteiger charge is 2.17. The van der Waals surface area contributed by atoms with Gasteiger partial charge in [-0.2, -0.15) is 0 Å². The highest BCUT2D eigenvalue weighted by Crippen LogP contribution is 2.24. The Morgan fingerprint density at radius 3 is 2.76 bits per heavy atom. The maximum atomic E-state index is 10.7. The zero-order valence-corrected chi connectivity index (χ0v) is 14.1. The van der Waals surface area contributed by atoms with Crippen molar-refractivity contribution >= 4 is 33.7 Å². The van der Waals surface area contributed by atoms with Gasteiger partial charge in [-0.1, -0.05) is 25.6 Å². The second-order valence-corrected chi connectivity index (χ2v) is 6.71. The van der Waals surface area contributed by atoms with Crippen molar-refractivity contribution in [1.82, 2.24) is 19.7 Å². The molecular weight excluding hydrogens is 356 g/mol. The molecule has 0 radical (unpaired) electrons. The van der Waals surface area contributed by atoms with Crippen molar-refractivity contribution < 1.29 is 9.90 Å². The summed E-state index contributed by atoms with van der Waals surface area (Å²) in [6.45, 7) is 4.89. The van der Waals surface area contributed by atoms with Crippen LogP contribution in [-0.2, 0) is 11.3 Å². The fraction of sp³-hybridized carbons (Fsp3) is 0.385. The molecule has 0 aromatic carbocycles. The molecule has 6 nitrogen and oxygen atoms in total. The molecule has 0 aliphatic carbocycles. The number of carboxylic acid groups (broad SMARTS) is 1. The van der Waals surface area contributed by atoms with E-state index in [2.05, 4.69) is 45.0 Å². The van der Waals surface area contributed by atoms with Gasteiger partial charge in [0.05, 0.1) is 5.75 Å². The van der Waals surface area contributed by atoms with Gasteiger partial charge in [-0.15, -0.1) is 10.2 Å². The minimum atomic E-state index is -0.873. The van der Waals surface area contributed by atoms with Gasteiger partial charge in [0.15, 0.2) is 11.0 Å². The number of aromatic nitrogens is 4. The SMILES string of the molecule is CC(C)Cn1c(SCC(=O)O)nnc1-c1ccc(Br)cn1. The van der Waals surface area contributed by atoms with Crippen LogP contribution in [0.3, 0.4) is 0 Å². The Morgan fingerprint density at radius 2 is 2.19 bits per heavy atom. The Balaban J connectivity index is 2.35. The van der Waals surface area contributed by atoms with Crippen LogP contribution in [0, 0.1) is 5.92 Å². The van der Waals surface area contributed by atoms with E-state index in [0.717, 1.165) is 4.47 Å². The number of pyridine rings is 1. The molecule has 0 saturated heterocycles. The Hall–Kier alpha value is -1.41. The number of aliphatic carboxylic acids is 1. The van der Waals surface area contributed by atoms with Gasteiger partial charge in [-0.05, 0) is 34.0 Å². The molecule has 0 spiro atoms. The monoisotopic (exact) mass is 370 g/mol. The lowest BCUT2D eigenvalue weighted by Crippen LogP contribution is -2.09. The van der Waals surface area contributed by atoms with Gasteiger partial charge in [0.25, 0.3) is 0 Å². The van der Waals surface area contributed by atoms with E-state index in [-0.39, 0.29) is 5.75 Å². The Morgan fingerprint density at radius 1 is 1.43 bits per heavy atom. The predicted octanol–water partition coefficient (Wildman–Crippen LogP) is 2.94. The maximum absolute atomic E-state index is 10.7. The molecule has 1 N–H and O–H groups in total. The van der Waals surface area contributed by atoms with Crippen LogP contribution >= 0.6 is 27.7 Å². The van der Waals surface area contributed by atoms with Crippen molar-refractivity contribution in [1.29, 1.82) is 0 Å². The molecule has 0 atom stereocenters. The van der Waals surface area contributed by atoms with Crippen LogP contribution in [0.4, 0.5) is 0 Å². The third kappa shape index (κ3) is 4.28. The summed E-state index contributed by atoms with van der Waals surface area (Å²) < 4.78 is 2.82. The van der Waals surface area contributed by atoms with Gasteiger partial charge in [0.1, 0.15) is 5.69 Å². The smallest absolute Gasteiger partial charge is 0.313 e. The van der Waals surface area contributed by atoms with Gasteiger partial charge >= 0.3 is 5.97 Å². The second-order valence-electron chi connectivity index (χ2n) is 4.85. The van der Waals surface area contributed by atoms with Crippen molar-refractivity contribution in [3.05, 3.63) is 22.8 Å². The van der Waals surface area contributed by atoms with E-state index in [1.54, 1.807) is 6.20 Å². The molecule has 0 amide bonds. The van der Waals surface area contributed by atoms with Crippen LogP contribution in [-0.4, -0.2) is 36.6 Å². The number of carbonyl (C=O) groups is 1. The van der Waals surface area contributed by atoms with Crippen molar-refractivity contribution in [2.45, 2.75) is 25.5 Å². The maximum Gasteiger partial charge on any atom is 0.313 e. The van der Waals surface area contributed by atoms with Crippen molar-refractivity contribution in [2.75, 3.05) is 5.75 Å². The van der Waals surface area contributed by atoms with Gasteiger partial charge < -0.3 is 9.67 Å². The van der Waals surface area contributed by atoms with Crippen LogP contribution in [0.5, 0.6) is 0 Å². The van der Waals surface area contributed by atoms with E-state index in [0.29, 0.717) is 29.1 Å². The van der Waals surface area contributed by atoms with Crippen LogP contribution in [0.2, 0.25) is 0 Å². The molecule has 2 rings (SSSR count). The molecule has 8 heteroatoms. The normalized spacial score (nSPS) is 11.0. The summed E-state index contributed by atoms with van der Waals surface area (Å²) in [7, 11) is 0. The summed E-state index contributed by atoms with van der Waals surface area (Å²) in [6.07, 6.45) is 1.70. The molecule has 0 saturated carbocycles. The molecule has 2 aromatic rings. The number of hydrogen-bond acceptors (Lipinski definition) is 5. The topological polar surface area (TPSA) is 80.9 Å². The first-order chi connectivity index (χ1) is 9.97. The average Bonchev–Trinajstić information content (AvgIpc) is 2.79. The molecule has 0 aliphatic rings. The molecule has 0 bridgehead atoms. The molecule has 112 valence electrons. The fourth-order valence-corrected chi connectivity index (χ4v) is 2.65. The first-order valence-electron chi connectivity index (χ1n) is 6.37. The summed E-state index contributed by atoms with van der Waals surface area (Å²) in [5, 5.41) is 17.7. The van der Waals surface area contributed by atoms with E-state index in [4.69, 9.17) is 5.11 Å². The standard InChI is InChI=1S/C13H15BrN4O2S/c1-8(2)6-18-12(10-4-3-9(14)5-15-10)16-17-13(18)21-7-11(19)20/h3-5,8H,6-7H2,1-2H3,(H,19,20). The fourth-order valence-electron chi connectivity index (χ4n) is 1.75. The minimum Gasteiger partial charge on any atom is -0.481 e. The number of hydrogen-bond donors (Lipinski definition) is 1. The predicted molar refractivity (Wildman–Crippen MR) is 84.2 cm³/mol. The summed E-state index contributed by atoms with van der Waals surface area (Å²) in [5.41, 5.74) is 0.716. The number of thioether (sulfide) groups is 1. The summed E-state index contributed by atoms with van der Waals surface area (Å²) >= 11 is 4.52. The second kappa shape index (κ2) is 7.04. The van der Waals surface area contributed by atoms with Crippen LogP contribution in [0.25, 0.3) is 11.5 Å². The van der Waals surface area contributed by atoms with Crippen molar-refractivity contribution in [3.8, 4) is 11.5 Å². The van der Waals surface area contributed by atoms with Gasteiger partial charge in [-0.25, -0.2) is 0 Å². The zero-order valence-electron chi connectivity index (χ0n) is 11.7. The van der Waals surface area contributed by atoms with Crippen molar-refractivity contribution in [3.63, 3.8) is 0 Å². The van der Waals surface area contributed by atoms with E-state index in [1.165, 1.54) is 11.8 Å². The highest BCUT2D eigenvalue weighted by molar-refractivity contribution is 9.10. The minimum absolute atomic E-state index is 0.0377. The first-order valence-corrected chi connectivity index (χ1v) is 8.15. The zero-order chi connectivity index (χ0) is 15.4. The van der Waals surface area contributed by atoms with E-state index >= 15 is 0 Å². The van der Waals surface area contributed by atoms with Crippen LogP contribution in [0.1, 0.15) is 13.8 Å². The molecular formula is C13H15BrN4O2S. The van der Waals surface area contributed by atoms with Gasteiger partial charge in [0, 0.05) is 17.2 Å². The van der Waals surface area contributed by atoms with Gasteiger partial charge in [-0.3, -0.25) is 9.78 Å². The summed E-state index contributed by atoms with van der Waals surface area (Å²) in [4.78, 5) is 15.1. The third-order valence-corrected chi connectivity index (χ3v) is 3.97. The van der Waals surface area contributed by atoms with Crippen LogP contribution < -0.4 is 0 Å². The molecule has 2 aromatic heterocycles. The molecule has 2 heterocycles. The number of carboxylic acids is 1. The van der Waals surface area contributed by atoms with Crippen molar-refractivity contribution in [2.24, 2.45) is 5.92 Å². The van der Waals surface area contributed by atoms with E-state index in [1.807, 2.05) is 16.7 Å². The third-order valence-electron chi connectivity index (χ3n) is 2.55. The summed E-state index contributed by atoms with van der Waals surface area (Å²) in [6, 6.07) is 3.75. The van der Waals surface area contributed by atoms with Crippen LogP contribution in [0.15, 0.2) is 28.0 Å². The number of rotatable bonds is 6. The number of nitrogens with zero attached hydrogens (tertiary/aromatic N) is 4. The van der Waals surface area contributed by atoms with Gasteiger partial charge in [0.2, 0.25) is 0 Å². The Bertz CT molecular complexity index is 628. The Labute approximate surface area is 135 Å². The molecule has 0 fully saturated rings. The van der Waals surface area contributed by atoms with E-state index in [9.17, 15) is 4.79 Å². The first kappa shape index (κ1) is 16.0.